The number of rotatable bonds is 12. The van der Waals surface area contributed by atoms with E-state index in [1.165, 1.54) is 12.1 Å². The predicted octanol–water partition coefficient (Wildman–Crippen LogP) is 5.87. The number of fused-ring (bicyclic) bond motifs is 1. The van der Waals surface area contributed by atoms with Gasteiger partial charge in [0.15, 0.2) is 11.4 Å². The Hall–Kier alpha value is -2.85. The molecule has 0 radical (unpaired) electrons. The zero-order chi connectivity index (χ0) is 30.3. The molecule has 2 heterocycles. The van der Waals surface area contributed by atoms with Gasteiger partial charge in [0, 0.05) is 51.9 Å². The van der Waals surface area contributed by atoms with E-state index >= 15 is 0 Å². The first-order valence-electron chi connectivity index (χ1n) is 14.6. The molecule has 2 amide bonds. The SMILES string of the molecule is COCCCCn1c(C(=O)N(C(C)C)[C@@H]2CCCN(C(=O)OC(C)(C)C)C2)c(OCC(C)OC)c2cc(F)ccc21. The predicted molar refractivity (Wildman–Crippen MR) is 157 cm³/mol. The number of likely N-dealkylation sites (tertiary alicyclic amines) is 1. The van der Waals surface area contributed by atoms with Crippen molar-refractivity contribution in [1.29, 1.82) is 0 Å². The number of unbranched alkanes of at least 4 members (excludes halogenated alkanes) is 1. The molecule has 1 unspecified atom stereocenters. The summed E-state index contributed by atoms with van der Waals surface area (Å²) in [4.78, 5) is 31.1. The number of carbonyl (C=O) groups excluding carboxylic acids is 2. The average molecular weight is 578 g/mol. The van der Waals surface area contributed by atoms with Gasteiger partial charge >= 0.3 is 6.09 Å². The van der Waals surface area contributed by atoms with Gasteiger partial charge in [-0.15, -0.1) is 0 Å². The first kappa shape index (κ1) is 32.7. The quantitative estimate of drug-likeness (QED) is 0.294. The summed E-state index contributed by atoms with van der Waals surface area (Å²) >= 11 is 0. The number of nitrogens with zero attached hydrogens (tertiary/aromatic N) is 3. The van der Waals surface area contributed by atoms with E-state index in [1.807, 2.05) is 51.0 Å². The van der Waals surface area contributed by atoms with Crippen LogP contribution in [0.25, 0.3) is 10.9 Å². The molecule has 9 nitrogen and oxygen atoms in total. The number of hydrogen-bond acceptors (Lipinski definition) is 6. The number of carbonyl (C=O) groups is 2. The van der Waals surface area contributed by atoms with Gasteiger partial charge in [0.25, 0.3) is 5.91 Å². The van der Waals surface area contributed by atoms with Crippen molar-refractivity contribution in [3.8, 4) is 5.75 Å². The topological polar surface area (TPSA) is 82.5 Å². The first-order valence-corrected chi connectivity index (χ1v) is 14.6. The van der Waals surface area contributed by atoms with Gasteiger partial charge in [-0.1, -0.05) is 0 Å². The van der Waals surface area contributed by atoms with Crippen LogP contribution in [0.4, 0.5) is 9.18 Å². The molecule has 1 fully saturated rings. The minimum absolute atomic E-state index is 0.159. The summed E-state index contributed by atoms with van der Waals surface area (Å²) < 4.78 is 39.0. The molecular weight excluding hydrogens is 529 g/mol. The Bertz CT molecular complexity index is 1170. The van der Waals surface area contributed by atoms with Crippen molar-refractivity contribution >= 4 is 22.9 Å². The van der Waals surface area contributed by atoms with E-state index in [9.17, 15) is 14.0 Å². The summed E-state index contributed by atoms with van der Waals surface area (Å²) in [6.07, 6.45) is 2.47. The standard InChI is InChI=1S/C31H48FN3O6/c1-21(2)35(24-12-11-15-33(19-24)30(37)41-31(4,5)6)29(36)27-28(40-20-22(3)39-8)25-18-23(32)13-14-26(25)34(27)16-9-10-17-38-7/h13-14,18,21-22,24H,9-12,15-17,19-20H2,1-8H3/t22?,24-/m1/s1. The Kier molecular flexibility index (Phi) is 11.4. The van der Waals surface area contributed by atoms with E-state index in [4.69, 9.17) is 18.9 Å². The van der Waals surface area contributed by atoms with Crippen molar-refractivity contribution in [3.05, 3.63) is 29.7 Å². The summed E-state index contributed by atoms with van der Waals surface area (Å²) in [6.45, 7) is 13.7. The zero-order valence-corrected chi connectivity index (χ0v) is 26.0. The molecule has 0 saturated carbocycles. The van der Waals surface area contributed by atoms with Gasteiger partial charge in [-0.2, -0.15) is 0 Å². The minimum Gasteiger partial charge on any atom is -0.488 e. The number of aryl methyl sites for hydroxylation is 1. The molecule has 0 N–H and O–H groups in total. The molecule has 2 aromatic rings. The van der Waals surface area contributed by atoms with E-state index in [1.54, 1.807) is 25.2 Å². The third-order valence-electron chi connectivity index (χ3n) is 7.26. The van der Waals surface area contributed by atoms with E-state index < -0.39 is 11.4 Å². The van der Waals surface area contributed by atoms with Gasteiger partial charge in [-0.3, -0.25) is 4.79 Å². The largest absolute Gasteiger partial charge is 0.488 e. The monoisotopic (exact) mass is 577 g/mol. The summed E-state index contributed by atoms with van der Waals surface area (Å²) in [5.74, 6) is -0.260. The number of amides is 2. The van der Waals surface area contributed by atoms with Gasteiger partial charge in [-0.05, 0) is 85.4 Å². The lowest BCUT2D eigenvalue weighted by Crippen LogP contribution is -2.54. The Balaban J connectivity index is 2.06. The lowest BCUT2D eigenvalue weighted by Gasteiger charge is -2.41. The van der Waals surface area contributed by atoms with Crippen molar-refractivity contribution in [2.75, 3.05) is 40.5 Å². The highest BCUT2D eigenvalue weighted by atomic mass is 19.1. The van der Waals surface area contributed by atoms with Gasteiger partial charge in [0.2, 0.25) is 0 Å². The molecule has 230 valence electrons. The minimum atomic E-state index is -0.609. The lowest BCUT2D eigenvalue weighted by molar-refractivity contribution is 0.00720. The summed E-state index contributed by atoms with van der Waals surface area (Å²) in [5, 5.41) is 0.547. The van der Waals surface area contributed by atoms with Crippen LogP contribution in [-0.2, 0) is 20.8 Å². The van der Waals surface area contributed by atoms with Crippen LogP contribution in [0.5, 0.6) is 5.75 Å². The second-order valence-electron chi connectivity index (χ2n) is 12.1. The summed E-state index contributed by atoms with van der Waals surface area (Å²) in [6, 6.07) is 4.16. The number of halogens is 1. The van der Waals surface area contributed by atoms with Crippen LogP contribution in [0.3, 0.4) is 0 Å². The van der Waals surface area contributed by atoms with E-state index in [0.717, 1.165) is 31.2 Å². The van der Waals surface area contributed by atoms with E-state index in [-0.39, 0.29) is 36.8 Å². The molecule has 1 aliphatic rings. The Labute approximate surface area is 243 Å². The van der Waals surface area contributed by atoms with Crippen molar-refractivity contribution < 1.29 is 32.9 Å². The third kappa shape index (κ3) is 8.35. The molecule has 41 heavy (non-hydrogen) atoms. The number of piperidine rings is 1. The molecular formula is C31H48FN3O6. The third-order valence-corrected chi connectivity index (χ3v) is 7.26. The van der Waals surface area contributed by atoms with Crippen LogP contribution >= 0.6 is 0 Å². The summed E-state index contributed by atoms with van der Waals surface area (Å²) in [7, 11) is 3.26. The average Bonchev–Trinajstić information content (AvgIpc) is 3.21. The van der Waals surface area contributed by atoms with Crippen molar-refractivity contribution in [2.45, 2.75) is 97.6 Å². The fourth-order valence-corrected chi connectivity index (χ4v) is 5.29. The lowest BCUT2D eigenvalue weighted by atomic mass is 10.0. The molecule has 1 aromatic carbocycles. The molecule has 1 aliphatic heterocycles. The highest BCUT2D eigenvalue weighted by Crippen LogP contribution is 2.37. The smallest absolute Gasteiger partial charge is 0.410 e. The van der Waals surface area contributed by atoms with Gasteiger partial charge in [-0.25, -0.2) is 9.18 Å². The van der Waals surface area contributed by atoms with Crippen LogP contribution in [0.15, 0.2) is 18.2 Å². The maximum Gasteiger partial charge on any atom is 0.410 e. The Morgan fingerprint density at radius 1 is 1.15 bits per heavy atom. The maximum absolute atomic E-state index is 14.6. The molecule has 1 aromatic heterocycles. The van der Waals surface area contributed by atoms with Crippen molar-refractivity contribution in [3.63, 3.8) is 0 Å². The molecule has 0 bridgehead atoms. The van der Waals surface area contributed by atoms with Crippen LogP contribution in [0, 0.1) is 5.82 Å². The van der Waals surface area contributed by atoms with E-state index in [0.29, 0.717) is 43.1 Å². The number of ether oxygens (including phenoxy) is 4. The summed E-state index contributed by atoms with van der Waals surface area (Å²) in [5.41, 5.74) is 0.506. The first-order chi connectivity index (χ1) is 19.4. The van der Waals surface area contributed by atoms with Crippen LogP contribution in [-0.4, -0.2) is 90.7 Å². The van der Waals surface area contributed by atoms with E-state index in [2.05, 4.69) is 0 Å². The molecule has 2 atom stereocenters. The fraction of sp³-hybridized carbons (Fsp3) is 0.677. The second kappa shape index (κ2) is 14.4. The normalized spacial score (nSPS) is 16.7. The van der Waals surface area contributed by atoms with Gasteiger partial charge < -0.3 is 33.3 Å². The molecule has 0 aliphatic carbocycles. The Morgan fingerprint density at radius 3 is 2.51 bits per heavy atom. The molecule has 3 rings (SSSR count). The number of benzene rings is 1. The van der Waals surface area contributed by atoms with Crippen molar-refractivity contribution in [2.24, 2.45) is 0 Å². The highest BCUT2D eigenvalue weighted by Gasteiger charge is 2.37. The second-order valence-corrected chi connectivity index (χ2v) is 12.1. The fourth-order valence-electron chi connectivity index (χ4n) is 5.29. The van der Waals surface area contributed by atoms with Crippen LogP contribution in [0.1, 0.15) is 77.7 Å². The molecule has 1 saturated heterocycles. The van der Waals surface area contributed by atoms with Crippen molar-refractivity contribution in [1.82, 2.24) is 14.4 Å². The molecule has 10 heteroatoms. The molecule has 0 spiro atoms. The number of aromatic nitrogens is 1. The van der Waals surface area contributed by atoms with Crippen LogP contribution < -0.4 is 4.74 Å². The highest BCUT2D eigenvalue weighted by molar-refractivity contribution is 6.04. The Morgan fingerprint density at radius 2 is 1.88 bits per heavy atom. The number of hydrogen-bond donors (Lipinski definition) is 0. The number of methoxy groups -OCH3 is 2. The van der Waals surface area contributed by atoms with Gasteiger partial charge in [0.05, 0.1) is 17.7 Å². The van der Waals surface area contributed by atoms with Gasteiger partial charge in [0.1, 0.15) is 18.0 Å². The maximum atomic E-state index is 14.6. The van der Waals surface area contributed by atoms with Crippen LogP contribution in [0.2, 0.25) is 0 Å². The zero-order valence-electron chi connectivity index (χ0n) is 26.0.